The summed E-state index contributed by atoms with van der Waals surface area (Å²) in [4.78, 5) is 2.35. The number of nitrogens with two attached hydrogens (primary N) is 1. The van der Waals surface area contributed by atoms with Gasteiger partial charge in [0.1, 0.15) is 0 Å². The third-order valence-electron chi connectivity index (χ3n) is 3.64. The molecule has 0 atom stereocenters. The van der Waals surface area contributed by atoms with Gasteiger partial charge >= 0.3 is 0 Å². The van der Waals surface area contributed by atoms with Gasteiger partial charge in [0.2, 0.25) is 0 Å². The van der Waals surface area contributed by atoms with E-state index < -0.39 is 0 Å². The van der Waals surface area contributed by atoms with Crippen molar-refractivity contribution in [1.29, 1.82) is 0 Å². The number of halogens is 1. The van der Waals surface area contributed by atoms with Gasteiger partial charge in [-0.25, -0.2) is 0 Å². The van der Waals surface area contributed by atoms with Gasteiger partial charge < -0.3 is 10.6 Å². The molecule has 1 aliphatic rings. The lowest BCUT2D eigenvalue weighted by atomic mass is 9.89. The zero-order chi connectivity index (χ0) is 12.3. The fourth-order valence-corrected chi connectivity index (χ4v) is 3.39. The summed E-state index contributed by atoms with van der Waals surface area (Å²) in [5, 5.41) is 0. The van der Waals surface area contributed by atoms with Crippen molar-refractivity contribution in [3.8, 4) is 0 Å². The SMILES string of the molecule is CN(CC1CCCCC1)c1ccc(N)cc1Br. The normalized spacial score (nSPS) is 17.1. The number of nitrogens with zero attached hydrogens (tertiary/aromatic N) is 1. The van der Waals surface area contributed by atoms with Crippen LogP contribution in [-0.2, 0) is 0 Å². The number of hydrogen-bond acceptors (Lipinski definition) is 2. The average Bonchev–Trinajstić information content (AvgIpc) is 2.30. The van der Waals surface area contributed by atoms with E-state index in [-0.39, 0.29) is 0 Å². The summed E-state index contributed by atoms with van der Waals surface area (Å²) < 4.78 is 1.09. The summed E-state index contributed by atoms with van der Waals surface area (Å²) in [5.74, 6) is 0.859. The van der Waals surface area contributed by atoms with Crippen LogP contribution in [0.5, 0.6) is 0 Å². The third-order valence-corrected chi connectivity index (χ3v) is 4.27. The zero-order valence-electron chi connectivity index (χ0n) is 10.5. The molecule has 0 aliphatic heterocycles. The van der Waals surface area contributed by atoms with Crippen molar-refractivity contribution in [2.75, 3.05) is 24.2 Å². The maximum Gasteiger partial charge on any atom is 0.0509 e. The highest BCUT2D eigenvalue weighted by Crippen LogP contribution is 2.30. The van der Waals surface area contributed by atoms with Crippen molar-refractivity contribution in [3.63, 3.8) is 0 Å². The summed E-state index contributed by atoms with van der Waals surface area (Å²) in [6.45, 7) is 1.16. The first-order chi connectivity index (χ1) is 8.16. The standard InChI is InChI=1S/C14H21BrN2/c1-17(10-11-5-3-2-4-6-11)14-8-7-12(16)9-13(14)15/h7-9,11H,2-6,10,16H2,1H3. The number of benzene rings is 1. The molecule has 3 heteroatoms. The van der Waals surface area contributed by atoms with Crippen molar-refractivity contribution in [3.05, 3.63) is 22.7 Å². The molecule has 0 radical (unpaired) electrons. The molecule has 0 amide bonds. The minimum absolute atomic E-state index is 0.812. The molecule has 0 aromatic heterocycles. The van der Waals surface area contributed by atoms with Crippen molar-refractivity contribution in [2.24, 2.45) is 5.92 Å². The zero-order valence-corrected chi connectivity index (χ0v) is 12.0. The minimum Gasteiger partial charge on any atom is -0.399 e. The van der Waals surface area contributed by atoms with Crippen LogP contribution in [0.4, 0.5) is 11.4 Å². The molecule has 1 aromatic rings. The second-order valence-corrected chi connectivity index (χ2v) is 5.95. The fourth-order valence-electron chi connectivity index (χ4n) is 2.69. The number of rotatable bonds is 3. The Bertz CT molecular complexity index is 372. The molecule has 2 N–H and O–H groups in total. The van der Waals surface area contributed by atoms with Gasteiger partial charge in [-0.1, -0.05) is 19.3 Å². The Labute approximate surface area is 112 Å². The highest BCUT2D eigenvalue weighted by Gasteiger charge is 2.16. The Morgan fingerprint density at radius 1 is 1.29 bits per heavy atom. The van der Waals surface area contributed by atoms with Gasteiger partial charge in [-0.15, -0.1) is 0 Å². The second kappa shape index (κ2) is 5.76. The molecule has 94 valence electrons. The molecular formula is C14H21BrN2. The first-order valence-corrected chi connectivity index (χ1v) is 7.22. The van der Waals surface area contributed by atoms with Crippen molar-refractivity contribution >= 4 is 27.3 Å². The van der Waals surface area contributed by atoms with Gasteiger partial charge in [0.05, 0.1) is 5.69 Å². The monoisotopic (exact) mass is 296 g/mol. The van der Waals surface area contributed by atoms with Crippen LogP contribution in [0.1, 0.15) is 32.1 Å². The summed E-state index contributed by atoms with van der Waals surface area (Å²) >= 11 is 3.59. The van der Waals surface area contributed by atoms with E-state index in [0.717, 1.165) is 22.6 Å². The van der Waals surface area contributed by atoms with Crippen molar-refractivity contribution in [2.45, 2.75) is 32.1 Å². The molecule has 1 aromatic carbocycles. The molecule has 0 spiro atoms. The molecule has 0 heterocycles. The van der Waals surface area contributed by atoms with Crippen LogP contribution in [-0.4, -0.2) is 13.6 Å². The second-order valence-electron chi connectivity index (χ2n) is 5.10. The average molecular weight is 297 g/mol. The quantitative estimate of drug-likeness (QED) is 0.853. The number of anilines is 2. The predicted octanol–water partition coefficient (Wildman–Crippen LogP) is 4.05. The largest absolute Gasteiger partial charge is 0.399 e. The van der Waals surface area contributed by atoms with E-state index in [9.17, 15) is 0 Å². The van der Waals surface area contributed by atoms with E-state index >= 15 is 0 Å². The van der Waals surface area contributed by atoms with E-state index in [1.807, 2.05) is 12.1 Å². The van der Waals surface area contributed by atoms with Crippen molar-refractivity contribution in [1.82, 2.24) is 0 Å². The van der Waals surface area contributed by atoms with Crippen LogP contribution >= 0.6 is 15.9 Å². The van der Waals surface area contributed by atoms with E-state index in [0.29, 0.717) is 0 Å². The van der Waals surface area contributed by atoms with E-state index in [1.165, 1.54) is 37.8 Å². The van der Waals surface area contributed by atoms with Crippen LogP contribution in [0, 0.1) is 5.92 Å². The Morgan fingerprint density at radius 3 is 2.65 bits per heavy atom. The Hall–Kier alpha value is -0.700. The molecular weight excluding hydrogens is 276 g/mol. The first-order valence-electron chi connectivity index (χ1n) is 6.43. The molecule has 1 fully saturated rings. The molecule has 0 unspecified atom stereocenters. The predicted molar refractivity (Wildman–Crippen MR) is 78.4 cm³/mol. The molecule has 1 saturated carbocycles. The molecule has 0 bridgehead atoms. The van der Waals surface area contributed by atoms with E-state index in [1.54, 1.807) is 0 Å². The first kappa shape index (κ1) is 12.7. The van der Waals surface area contributed by atoms with E-state index in [4.69, 9.17) is 5.73 Å². The summed E-state index contributed by atoms with van der Waals surface area (Å²) in [6.07, 6.45) is 7.00. The molecule has 2 nitrogen and oxygen atoms in total. The molecule has 2 rings (SSSR count). The van der Waals surface area contributed by atoms with Gasteiger partial charge in [-0.3, -0.25) is 0 Å². The lowest BCUT2D eigenvalue weighted by Gasteiger charge is -2.29. The molecule has 17 heavy (non-hydrogen) atoms. The Kier molecular flexibility index (Phi) is 4.32. The number of hydrogen-bond donors (Lipinski definition) is 1. The van der Waals surface area contributed by atoms with Gasteiger partial charge in [0.15, 0.2) is 0 Å². The highest BCUT2D eigenvalue weighted by atomic mass is 79.9. The third kappa shape index (κ3) is 3.38. The van der Waals surface area contributed by atoms with E-state index in [2.05, 4.69) is 33.9 Å². The minimum atomic E-state index is 0.812. The van der Waals surface area contributed by atoms with Gasteiger partial charge in [-0.2, -0.15) is 0 Å². The highest BCUT2D eigenvalue weighted by molar-refractivity contribution is 9.10. The lowest BCUT2D eigenvalue weighted by Crippen LogP contribution is -2.27. The summed E-state index contributed by atoms with van der Waals surface area (Å²) in [5.41, 5.74) is 7.82. The van der Waals surface area contributed by atoms with Crippen LogP contribution < -0.4 is 10.6 Å². The fraction of sp³-hybridized carbons (Fsp3) is 0.571. The maximum absolute atomic E-state index is 5.76. The topological polar surface area (TPSA) is 29.3 Å². The van der Waals surface area contributed by atoms with Crippen LogP contribution in [0.25, 0.3) is 0 Å². The summed E-state index contributed by atoms with van der Waals surface area (Å²) in [6, 6.07) is 6.05. The van der Waals surface area contributed by atoms with Gasteiger partial charge in [-0.05, 0) is 52.9 Å². The molecule has 0 saturated heterocycles. The van der Waals surface area contributed by atoms with Crippen molar-refractivity contribution < 1.29 is 0 Å². The van der Waals surface area contributed by atoms with Crippen LogP contribution in [0.15, 0.2) is 22.7 Å². The summed E-state index contributed by atoms with van der Waals surface area (Å²) in [7, 11) is 2.17. The van der Waals surface area contributed by atoms with Crippen LogP contribution in [0.2, 0.25) is 0 Å². The Morgan fingerprint density at radius 2 is 2.00 bits per heavy atom. The van der Waals surface area contributed by atoms with Crippen LogP contribution in [0.3, 0.4) is 0 Å². The van der Waals surface area contributed by atoms with Gasteiger partial charge in [0, 0.05) is 23.8 Å². The number of nitrogen functional groups attached to an aromatic ring is 1. The smallest absolute Gasteiger partial charge is 0.0509 e. The maximum atomic E-state index is 5.76. The molecule has 1 aliphatic carbocycles. The lowest BCUT2D eigenvalue weighted by molar-refractivity contribution is 0.362. The Balaban J connectivity index is 2.00. The van der Waals surface area contributed by atoms with Gasteiger partial charge in [0.25, 0.3) is 0 Å².